The van der Waals surface area contributed by atoms with Crippen LogP contribution in [0.5, 0.6) is 0 Å². The molecule has 0 unspecified atom stereocenters. The number of benzene rings is 10. The van der Waals surface area contributed by atoms with E-state index in [1.807, 2.05) is 79.7 Å². The highest BCUT2D eigenvalue weighted by Gasteiger charge is 2.51. The minimum Gasteiger partial charge on any atom is -0.342 e. The van der Waals surface area contributed by atoms with E-state index in [1.165, 1.54) is 90.1 Å². The number of hydrogen-bond acceptors (Lipinski definition) is 15. The standard InChI is InChI=1S/2C23H19FN4O.C22H16ClFN4O.C22H16F2N4O.C22H17FN4O/c1-15-2-4-16(5-3-15)23(10-11-23)27-22(29)20-12-25-14-21-19(20)13-26-28(21)18-8-6-17(24)7-9-18;1-15-4-2-3-5-20(15)23(10-11-23)27-22(29)19-12-25-14-21-18(19)13-26-28(21)17-8-6-16(24)7-9-17;23-15-3-1-14(2-4-15)22(9-10-22)27-21(29)19-11-25-13-20-18(19)12-26-28(20)17-7-5-16(24)6-8-17;23-15-4-6-17(7-5-15)28-20-13-25-11-19(18(20)12-26-28)21(29)27-22(8-9-22)14-2-1-3-16(24)10-14;23-16-6-8-17(9-7-16)27-20-14-24-12-19(18(20)13-25-27)21(28)26-22(10-11-22)15-4-2-1-3-5-15/h2*2-9,12-14H,10-11H2,1H3,(H,27,29);1-8,11-13H,9-10H2,(H,27,29);1-7,10-13H,8-9H2,(H,27,29);1-9,12-14H,10-11H2,(H,26,28). The molecule has 0 saturated heterocycles. The van der Waals surface area contributed by atoms with Crippen LogP contribution in [0.1, 0.15) is 155 Å². The third kappa shape index (κ3) is 19.0. The number of pyridine rings is 5. The first-order valence-corrected chi connectivity index (χ1v) is 47.0. The van der Waals surface area contributed by atoms with Gasteiger partial charge in [0.2, 0.25) is 0 Å². The van der Waals surface area contributed by atoms with Crippen LogP contribution in [0.3, 0.4) is 0 Å². The molecule has 0 atom stereocenters. The summed E-state index contributed by atoms with van der Waals surface area (Å²) in [5.41, 5.74) is 14.9. The molecule has 144 heavy (non-hydrogen) atoms. The van der Waals surface area contributed by atoms with E-state index in [0.29, 0.717) is 116 Å². The van der Waals surface area contributed by atoms with Gasteiger partial charge in [0, 0.05) is 62.9 Å². The van der Waals surface area contributed by atoms with Gasteiger partial charge >= 0.3 is 0 Å². The molecule has 5 saturated carbocycles. The Hall–Kier alpha value is -17.5. The molecule has 5 N–H and O–H groups in total. The summed E-state index contributed by atoms with van der Waals surface area (Å²) in [7, 11) is 0. The zero-order valence-electron chi connectivity index (χ0n) is 77.3. The van der Waals surface area contributed by atoms with Gasteiger partial charge in [0.15, 0.2) is 0 Å². The lowest BCUT2D eigenvalue weighted by Gasteiger charge is -2.20. The molecule has 0 aliphatic heterocycles. The molecule has 0 bridgehead atoms. The van der Waals surface area contributed by atoms with Gasteiger partial charge in [-0.1, -0.05) is 120 Å². The highest BCUT2D eigenvalue weighted by atomic mass is 35.5. The zero-order chi connectivity index (χ0) is 99.2. The SMILES string of the molecule is Cc1ccc(C2(NC(=O)c3cncc4c3cnn4-c3ccc(F)cc3)CC2)cc1.Cc1ccccc1C1(NC(=O)c2cncc3c2cnn3-c2ccc(F)cc2)CC1.O=C(NC1(c2ccc(Cl)cc2)CC1)c1cncc2c1cnn2-c1ccc(F)cc1.O=C(NC1(c2cccc(F)c2)CC1)c1cncc2c1cnn2-c1ccc(F)cc1.O=C(NC1(c2ccccc2)CC1)c1cncc2c1cnn2-c1ccc(F)cc1. The molecule has 5 aliphatic carbocycles. The van der Waals surface area contributed by atoms with E-state index in [1.54, 1.807) is 177 Å². The Bertz CT molecular complexity index is 8100. The molecule has 5 aliphatic rings. The molecule has 10 aromatic heterocycles. The Morgan fingerprint density at radius 3 is 0.785 bits per heavy atom. The topological polar surface area (TPSA) is 299 Å². The molecule has 0 radical (unpaired) electrons. The molecule has 0 spiro atoms. The second-order valence-corrected chi connectivity index (χ2v) is 36.9. The van der Waals surface area contributed by atoms with Crippen molar-refractivity contribution in [2.45, 2.75) is 106 Å². The van der Waals surface area contributed by atoms with E-state index in [9.17, 15) is 50.3 Å². The van der Waals surface area contributed by atoms with Crippen LogP contribution >= 0.6 is 11.6 Å². The predicted octanol–water partition coefficient (Wildman–Crippen LogP) is 21.3. The Labute approximate surface area is 824 Å². The quantitative estimate of drug-likeness (QED) is 0.0443. The molecule has 25 nitrogen and oxygen atoms in total. The fraction of sp³-hybridized carbons (Fsp3) is 0.152. The first-order chi connectivity index (χ1) is 69.9. The summed E-state index contributed by atoms with van der Waals surface area (Å²) in [6.07, 6.45) is 32.9. The van der Waals surface area contributed by atoms with Gasteiger partial charge in [-0.05, 0) is 257 Å². The van der Waals surface area contributed by atoms with Crippen LogP contribution in [-0.2, 0) is 27.7 Å². The Balaban J connectivity index is 0.000000106. The van der Waals surface area contributed by atoms with Crippen LogP contribution in [0.25, 0.3) is 83.0 Å². The zero-order valence-corrected chi connectivity index (χ0v) is 78.1. The fourth-order valence-electron chi connectivity index (χ4n) is 18.3. The number of carbonyl (C=O) groups excluding carboxylic acids is 5. The van der Waals surface area contributed by atoms with E-state index in [-0.39, 0.29) is 86.6 Å². The van der Waals surface area contributed by atoms with Crippen LogP contribution in [0.2, 0.25) is 5.02 Å². The molecule has 20 aromatic rings. The average Bonchev–Trinajstić information content (AvgIpc) is 1.52. The Kier molecular flexibility index (Phi) is 24.7. The minimum absolute atomic E-state index is 0.164. The predicted molar refractivity (Wildman–Crippen MR) is 533 cm³/mol. The van der Waals surface area contributed by atoms with E-state index in [0.717, 1.165) is 92.0 Å². The summed E-state index contributed by atoms with van der Waals surface area (Å²) in [6.45, 7) is 4.11. The van der Waals surface area contributed by atoms with Crippen LogP contribution in [0, 0.1) is 48.8 Å². The molecular formula is C112H87ClF6N20O5. The number of nitrogens with one attached hydrogen (secondary N) is 5. The number of nitrogens with zero attached hydrogens (tertiary/aromatic N) is 15. The summed E-state index contributed by atoms with van der Waals surface area (Å²) in [5.74, 6) is -2.90. The second-order valence-electron chi connectivity index (χ2n) is 36.5. The number of aryl methyl sites for hydroxylation is 2. The van der Waals surface area contributed by atoms with Crippen molar-refractivity contribution in [3.8, 4) is 28.4 Å². The fourth-order valence-corrected chi connectivity index (χ4v) is 18.4. The summed E-state index contributed by atoms with van der Waals surface area (Å²) in [5, 5.41) is 41.8. The Morgan fingerprint density at radius 1 is 0.257 bits per heavy atom. The summed E-state index contributed by atoms with van der Waals surface area (Å²) < 4.78 is 88.0. The van der Waals surface area contributed by atoms with Crippen molar-refractivity contribution in [3.05, 3.63) is 448 Å². The third-order valence-corrected chi connectivity index (χ3v) is 27.2. The average molecular weight is 1940 g/mol. The van der Waals surface area contributed by atoms with Gasteiger partial charge in [-0.2, -0.15) is 25.5 Å². The van der Waals surface area contributed by atoms with Gasteiger partial charge in [-0.15, -0.1) is 0 Å². The van der Waals surface area contributed by atoms with E-state index in [2.05, 4.69) is 120 Å². The molecule has 10 aromatic carbocycles. The number of halogens is 7. The molecular weight excluding hydrogens is 1850 g/mol. The largest absolute Gasteiger partial charge is 0.342 e. The lowest BCUT2D eigenvalue weighted by atomic mass is 9.99. The van der Waals surface area contributed by atoms with Gasteiger partial charge in [-0.3, -0.25) is 48.9 Å². The van der Waals surface area contributed by atoms with Crippen LogP contribution in [0.4, 0.5) is 26.3 Å². The van der Waals surface area contributed by atoms with Crippen LogP contribution < -0.4 is 26.6 Å². The van der Waals surface area contributed by atoms with Crippen molar-refractivity contribution in [2.75, 3.05) is 0 Å². The second kappa shape index (κ2) is 38.3. The monoisotopic (exact) mass is 1940 g/mol. The van der Waals surface area contributed by atoms with Gasteiger partial charge in [-0.25, -0.2) is 49.8 Å². The van der Waals surface area contributed by atoms with Crippen molar-refractivity contribution in [1.29, 1.82) is 0 Å². The van der Waals surface area contributed by atoms with E-state index < -0.39 is 5.54 Å². The molecule has 25 rings (SSSR count). The van der Waals surface area contributed by atoms with Crippen molar-refractivity contribution < 1.29 is 50.3 Å². The first kappa shape index (κ1) is 92.9. The van der Waals surface area contributed by atoms with Gasteiger partial charge < -0.3 is 26.6 Å². The molecule has 10 heterocycles. The van der Waals surface area contributed by atoms with Crippen molar-refractivity contribution in [1.82, 2.24) is 100 Å². The summed E-state index contributed by atoms with van der Waals surface area (Å²) >= 11 is 5.98. The van der Waals surface area contributed by atoms with Crippen molar-refractivity contribution >= 4 is 95.7 Å². The Morgan fingerprint density at radius 2 is 0.507 bits per heavy atom. The minimum atomic E-state index is -0.547. The lowest BCUT2D eigenvalue weighted by Crippen LogP contribution is -2.35. The van der Waals surface area contributed by atoms with Gasteiger partial charge in [0.25, 0.3) is 29.5 Å². The lowest BCUT2D eigenvalue weighted by molar-refractivity contribution is 0.0923. The summed E-state index contributed by atoms with van der Waals surface area (Å²) in [4.78, 5) is 86.6. The number of carbonyl (C=O) groups is 5. The molecule has 5 amide bonds. The van der Waals surface area contributed by atoms with Gasteiger partial charge in [0.1, 0.15) is 34.9 Å². The van der Waals surface area contributed by atoms with Crippen molar-refractivity contribution in [2.24, 2.45) is 0 Å². The maximum Gasteiger partial charge on any atom is 0.254 e. The number of hydrogen-bond donors (Lipinski definition) is 5. The highest BCUT2D eigenvalue weighted by molar-refractivity contribution is 6.30. The van der Waals surface area contributed by atoms with Crippen LogP contribution in [0.15, 0.2) is 342 Å². The summed E-state index contributed by atoms with van der Waals surface area (Å²) in [6, 6.07) is 70.4. The van der Waals surface area contributed by atoms with Gasteiger partial charge in [0.05, 0.1) is 174 Å². The maximum atomic E-state index is 13.6. The first-order valence-electron chi connectivity index (χ1n) is 46.6. The van der Waals surface area contributed by atoms with Crippen LogP contribution in [-0.4, -0.2) is 103 Å². The molecule has 5 fully saturated rings. The van der Waals surface area contributed by atoms with E-state index >= 15 is 0 Å². The molecule has 32 heteroatoms. The highest BCUT2D eigenvalue weighted by Crippen LogP contribution is 2.51. The number of aromatic nitrogens is 15. The number of rotatable bonds is 20. The normalized spacial score (nSPS) is 14.7. The smallest absolute Gasteiger partial charge is 0.254 e. The number of fused-ring (bicyclic) bond motifs is 5. The van der Waals surface area contributed by atoms with Crippen molar-refractivity contribution in [3.63, 3.8) is 0 Å². The third-order valence-electron chi connectivity index (χ3n) is 26.9. The van der Waals surface area contributed by atoms with E-state index in [4.69, 9.17) is 11.6 Å². The number of amides is 5. The maximum absolute atomic E-state index is 13.6. The molecule has 714 valence electrons.